The van der Waals surface area contributed by atoms with Crippen LogP contribution in [0.2, 0.25) is 0 Å². The standard InChI is InChI=1S/C14H7F6N2O5Si/c15-13(16,17)7-1-9(21(23)24)5-11(3-7)28(27)12-4-8(14(18,19)20)2-10(6-12)22(25)26/h1-6,27H. The van der Waals surface area contributed by atoms with Crippen molar-refractivity contribution >= 4 is 30.8 Å². The molecule has 0 fully saturated rings. The summed E-state index contributed by atoms with van der Waals surface area (Å²) in [6.07, 6.45) is -10.1. The fourth-order valence-corrected chi connectivity index (χ4v) is 3.69. The Morgan fingerprint density at radius 2 is 1.04 bits per heavy atom. The first-order valence-corrected chi connectivity index (χ1v) is 8.45. The van der Waals surface area contributed by atoms with Gasteiger partial charge in [-0.1, -0.05) is 0 Å². The first-order valence-electron chi connectivity index (χ1n) is 7.00. The summed E-state index contributed by atoms with van der Waals surface area (Å²) in [6, 6.07) is 2.27. The zero-order valence-corrected chi connectivity index (χ0v) is 14.2. The molecule has 0 saturated heterocycles. The Morgan fingerprint density at radius 1 is 0.714 bits per heavy atom. The molecule has 0 atom stereocenters. The fourth-order valence-electron chi connectivity index (χ4n) is 2.20. The number of hydrogen-bond acceptors (Lipinski definition) is 5. The quantitative estimate of drug-likeness (QED) is 0.351. The van der Waals surface area contributed by atoms with Gasteiger partial charge in [-0.15, -0.1) is 0 Å². The molecule has 1 N–H and O–H groups in total. The monoisotopic (exact) mass is 425 g/mol. The van der Waals surface area contributed by atoms with Crippen LogP contribution in [0.5, 0.6) is 0 Å². The Kier molecular flexibility index (Phi) is 5.47. The van der Waals surface area contributed by atoms with Gasteiger partial charge in [-0.2, -0.15) is 26.3 Å². The molecule has 7 nitrogen and oxygen atoms in total. The molecule has 149 valence electrons. The summed E-state index contributed by atoms with van der Waals surface area (Å²) in [5.41, 5.74) is -5.06. The number of nitro benzene ring substituents is 2. The average molecular weight is 425 g/mol. The van der Waals surface area contributed by atoms with Crippen molar-refractivity contribution in [2.45, 2.75) is 12.4 Å². The van der Waals surface area contributed by atoms with E-state index in [1.54, 1.807) is 0 Å². The molecule has 2 aromatic rings. The summed E-state index contributed by atoms with van der Waals surface area (Å²) in [6.45, 7) is 0. The largest absolute Gasteiger partial charge is 0.424 e. The van der Waals surface area contributed by atoms with Crippen LogP contribution in [0.25, 0.3) is 0 Å². The van der Waals surface area contributed by atoms with Crippen molar-refractivity contribution in [3.05, 3.63) is 67.8 Å². The van der Waals surface area contributed by atoms with Crippen molar-refractivity contribution < 1.29 is 41.0 Å². The highest BCUT2D eigenvalue weighted by molar-refractivity contribution is 6.79. The van der Waals surface area contributed by atoms with Crippen LogP contribution in [0, 0.1) is 20.2 Å². The Morgan fingerprint density at radius 3 is 1.29 bits per heavy atom. The molecule has 0 aromatic heterocycles. The third-order valence-electron chi connectivity index (χ3n) is 3.46. The van der Waals surface area contributed by atoms with E-state index >= 15 is 0 Å². The Bertz CT molecular complexity index is 871. The lowest BCUT2D eigenvalue weighted by Gasteiger charge is -2.14. The Labute approximate surface area is 152 Å². The first-order chi connectivity index (χ1) is 12.7. The smallest absolute Gasteiger partial charge is 0.416 e. The maximum absolute atomic E-state index is 12.9. The van der Waals surface area contributed by atoms with Gasteiger partial charge in [0.25, 0.3) is 20.4 Å². The van der Waals surface area contributed by atoms with E-state index in [-0.39, 0.29) is 12.1 Å². The zero-order valence-electron chi connectivity index (χ0n) is 13.2. The van der Waals surface area contributed by atoms with Gasteiger partial charge in [-0.3, -0.25) is 20.2 Å². The molecule has 1 radical (unpaired) electrons. The summed E-state index contributed by atoms with van der Waals surface area (Å²) in [4.78, 5) is 29.7. The van der Waals surface area contributed by atoms with Crippen LogP contribution in [-0.4, -0.2) is 23.7 Å². The van der Waals surface area contributed by atoms with Crippen molar-refractivity contribution in [3.8, 4) is 0 Å². The third kappa shape index (κ3) is 4.64. The lowest BCUT2D eigenvalue weighted by atomic mass is 10.2. The minimum Gasteiger partial charge on any atom is -0.424 e. The van der Waals surface area contributed by atoms with Crippen molar-refractivity contribution in [1.82, 2.24) is 0 Å². The number of rotatable bonds is 4. The van der Waals surface area contributed by atoms with Gasteiger partial charge in [0, 0.05) is 24.3 Å². The van der Waals surface area contributed by atoms with Crippen molar-refractivity contribution in [3.63, 3.8) is 0 Å². The SMILES string of the molecule is O=[N+]([O-])c1cc([Si](O)c2cc([N+](=O)[O-])cc(C(F)(F)F)c2)cc(C(F)(F)F)c1. The summed E-state index contributed by atoms with van der Waals surface area (Å²) >= 11 is 0. The maximum atomic E-state index is 12.9. The molecule has 0 amide bonds. The Hall–Kier alpha value is -3.00. The number of benzene rings is 2. The predicted molar refractivity (Wildman–Crippen MR) is 83.4 cm³/mol. The van der Waals surface area contributed by atoms with E-state index < -0.39 is 64.1 Å². The fraction of sp³-hybridized carbons (Fsp3) is 0.143. The van der Waals surface area contributed by atoms with Crippen molar-refractivity contribution in [2.75, 3.05) is 0 Å². The van der Waals surface area contributed by atoms with Gasteiger partial charge in [-0.25, -0.2) is 0 Å². The average Bonchev–Trinajstić information content (AvgIpc) is 2.58. The van der Waals surface area contributed by atoms with E-state index in [4.69, 9.17) is 0 Å². The van der Waals surface area contributed by atoms with Gasteiger partial charge in [0.05, 0.1) is 21.0 Å². The van der Waals surface area contributed by atoms with Crippen molar-refractivity contribution in [2.24, 2.45) is 0 Å². The second kappa shape index (κ2) is 7.20. The second-order valence-corrected chi connectivity index (χ2v) is 7.25. The first kappa shape index (κ1) is 21.3. The molecule has 0 heterocycles. The van der Waals surface area contributed by atoms with Gasteiger partial charge >= 0.3 is 12.4 Å². The lowest BCUT2D eigenvalue weighted by molar-refractivity contribution is -0.385. The number of nitrogens with zero attached hydrogens (tertiary/aromatic N) is 2. The molecule has 0 spiro atoms. The van der Waals surface area contributed by atoms with E-state index in [0.29, 0.717) is 24.3 Å². The summed E-state index contributed by atoms with van der Waals surface area (Å²) in [7, 11) is -3.43. The number of nitro groups is 2. The van der Waals surface area contributed by atoms with E-state index in [9.17, 15) is 51.4 Å². The third-order valence-corrected chi connectivity index (χ3v) is 5.13. The minimum atomic E-state index is -5.03. The molecule has 0 aliphatic heterocycles. The minimum absolute atomic E-state index is 0.202. The van der Waals surface area contributed by atoms with Crippen molar-refractivity contribution in [1.29, 1.82) is 0 Å². The molecule has 28 heavy (non-hydrogen) atoms. The molecule has 2 aromatic carbocycles. The highest BCUT2D eigenvalue weighted by Gasteiger charge is 2.36. The number of halogens is 6. The molecule has 0 aliphatic carbocycles. The Balaban J connectivity index is 2.67. The molecule has 2 rings (SSSR count). The van der Waals surface area contributed by atoms with E-state index in [2.05, 4.69) is 0 Å². The number of non-ortho nitro benzene ring substituents is 2. The maximum Gasteiger partial charge on any atom is 0.416 e. The second-order valence-electron chi connectivity index (χ2n) is 5.40. The van der Waals surface area contributed by atoms with Crippen LogP contribution < -0.4 is 10.4 Å². The molecule has 14 heteroatoms. The van der Waals surface area contributed by atoms with Gasteiger partial charge in [0.2, 0.25) is 0 Å². The van der Waals surface area contributed by atoms with Crippen LogP contribution in [0.1, 0.15) is 11.1 Å². The predicted octanol–water partition coefficient (Wildman–Crippen LogP) is 2.64. The molecule has 0 saturated carbocycles. The van der Waals surface area contributed by atoms with Crippen LogP contribution in [0.3, 0.4) is 0 Å². The van der Waals surface area contributed by atoms with Gasteiger partial charge < -0.3 is 4.80 Å². The molecular formula is C14H7F6N2O5Si. The van der Waals surface area contributed by atoms with Crippen LogP contribution >= 0.6 is 0 Å². The van der Waals surface area contributed by atoms with E-state index in [1.807, 2.05) is 0 Å². The van der Waals surface area contributed by atoms with Gasteiger partial charge in [0.15, 0.2) is 0 Å². The number of alkyl halides is 6. The van der Waals surface area contributed by atoms with E-state index in [0.717, 1.165) is 0 Å². The van der Waals surface area contributed by atoms with Gasteiger partial charge in [-0.05, 0) is 22.5 Å². The number of hydrogen-bond donors (Lipinski definition) is 1. The van der Waals surface area contributed by atoms with Gasteiger partial charge in [0.1, 0.15) is 0 Å². The molecule has 0 unspecified atom stereocenters. The van der Waals surface area contributed by atoms with Crippen LogP contribution in [-0.2, 0) is 12.4 Å². The molecular weight excluding hydrogens is 418 g/mol. The van der Waals surface area contributed by atoms with Crippen LogP contribution in [0.4, 0.5) is 37.7 Å². The van der Waals surface area contributed by atoms with E-state index in [1.165, 1.54) is 0 Å². The molecule has 0 aliphatic rings. The molecule has 0 bridgehead atoms. The summed E-state index contributed by atoms with van der Waals surface area (Å²) in [5, 5.41) is 20.4. The lowest BCUT2D eigenvalue weighted by Crippen LogP contribution is -2.43. The highest BCUT2D eigenvalue weighted by atomic mass is 28.3. The summed E-state index contributed by atoms with van der Waals surface area (Å²) in [5.74, 6) is 0. The topological polar surface area (TPSA) is 107 Å². The zero-order chi connectivity index (χ0) is 21.4. The summed E-state index contributed by atoms with van der Waals surface area (Å²) < 4.78 is 77.6. The highest BCUT2D eigenvalue weighted by Crippen LogP contribution is 2.32. The van der Waals surface area contributed by atoms with Crippen LogP contribution in [0.15, 0.2) is 36.4 Å². The normalized spacial score (nSPS) is 12.3.